The van der Waals surface area contributed by atoms with Gasteiger partial charge < -0.3 is 14.6 Å². The number of aryl methyl sites for hydroxylation is 1. The molecule has 1 aromatic carbocycles. The summed E-state index contributed by atoms with van der Waals surface area (Å²) in [6.07, 6.45) is 1.30. The Morgan fingerprint density at radius 3 is 2.68 bits per heavy atom. The Hall–Kier alpha value is -1.59. The first-order valence-electron chi connectivity index (χ1n) is 7.36. The Balaban J connectivity index is 0.00000242. The van der Waals surface area contributed by atoms with Crippen molar-refractivity contribution < 1.29 is 9.26 Å². The highest BCUT2D eigenvalue weighted by Gasteiger charge is 2.20. The van der Waals surface area contributed by atoms with Crippen molar-refractivity contribution in [2.75, 3.05) is 7.05 Å². The minimum atomic E-state index is -0.211. The molecule has 6 heteroatoms. The molecular formula is C16H24ClN3O2. The van der Waals surface area contributed by atoms with Crippen LogP contribution in [0.25, 0.3) is 0 Å². The SMILES string of the molecule is CCC(Oc1ccccc1C)c1nc(CC(C)NC)no1.Cl. The first-order chi connectivity index (χ1) is 10.1. The van der Waals surface area contributed by atoms with E-state index in [4.69, 9.17) is 9.26 Å². The third-order valence-electron chi connectivity index (χ3n) is 3.47. The molecule has 5 nitrogen and oxygen atoms in total. The molecule has 0 saturated carbocycles. The average Bonchev–Trinajstić information content (AvgIpc) is 2.94. The van der Waals surface area contributed by atoms with Gasteiger partial charge in [-0.2, -0.15) is 4.98 Å². The van der Waals surface area contributed by atoms with Gasteiger partial charge in [0, 0.05) is 12.5 Å². The molecule has 0 aliphatic carbocycles. The highest BCUT2D eigenvalue weighted by molar-refractivity contribution is 5.85. The number of rotatable bonds is 7. The Bertz CT molecular complexity index is 574. The van der Waals surface area contributed by atoms with Gasteiger partial charge in [0.25, 0.3) is 5.89 Å². The fourth-order valence-electron chi connectivity index (χ4n) is 2.01. The van der Waals surface area contributed by atoms with Crippen molar-refractivity contribution in [2.45, 2.75) is 45.8 Å². The minimum Gasteiger partial charge on any atom is -0.480 e. The van der Waals surface area contributed by atoms with Gasteiger partial charge in [-0.1, -0.05) is 30.3 Å². The Kier molecular flexibility index (Phi) is 7.35. The van der Waals surface area contributed by atoms with E-state index in [2.05, 4.69) is 22.4 Å². The number of halogens is 1. The molecule has 1 heterocycles. The minimum absolute atomic E-state index is 0. The van der Waals surface area contributed by atoms with Crippen LogP contribution in [0.15, 0.2) is 28.8 Å². The summed E-state index contributed by atoms with van der Waals surface area (Å²) in [4.78, 5) is 4.45. The molecule has 122 valence electrons. The van der Waals surface area contributed by atoms with Gasteiger partial charge in [-0.15, -0.1) is 12.4 Å². The molecule has 2 rings (SSSR count). The molecule has 1 N–H and O–H groups in total. The van der Waals surface area contributed by atoms with Crippen molar-refractivity contribution >= 4 is 12.4 Å². The smallest absolute Gasteiger partial charge is 0.267 e. The van der Waals surface area contributed by atoms with Gasteiger partial charge in [-0.25, -0.2) is 0 Å². The molecule has 0 fully saturated rings. The van der Waals surface area contributed by atoms with Gasteiger partial charge in [0.2, 0.25) is 0 Å². The van der Waals surface area contributed by atoms with Gasteiger partial charge >= 0.3 is 0 Å². The van der Waals surface area contributed by atoms with Crippen LogP contribution in [0.3, 0.4) is 0 Å². The lowest BCUT2D eigenvalue weighted by molar-refractivity contribution is 0.153. The number of nitrogens with one attached hydrogen (secondary N) is 1. The molecule has 0 aliphatic rings. The Labute approximate surface area is 137 Å². The largest absolute Gasteiger partial charge is 0.480 e. The summed E-state index contributed by atoms with van der Waals surface area (Å²) >= 11 is 0. The predicted octanol–water partition coefficient (Wildman–Crippen LogP) is 3.48. The first kappa shape index (κ1) is 18.5. The number of aromatic nitrogens is 2. The summed E-state index contributed by atoms with van der Waals surface area (Å²) in [6, 6.07) is 8.25. The zero-order valence-electron chi connectivity index (χ0n) is 13.5. The quantitative estimate of drug-likeness (QED) is 0.844. The zero-order chi connectivity index (χ0) is 15.2. The van der Waals surface area contributed by atoms with Crippen LogP contribution < -0.4 is 10.1 Å². The molecule has 22 heavy (non-hydrogen) atoms. The molecule has 0 bridgehead atoms. The summed E-state index contributed by atoms with van der Waals surface area (Å²) in [5.74, 6) is 2.10. The lowest BCUT2D eigenvalue weighted by atomic mass is 10.2. The lowest BCUT2D eigenvalue weighted by Gasteiger charge is -2.15. The van der Waals surface area contributed by atoms with E-state index in [1.165, 1.54) is 0 Å². The Morgan fingerprint density at radius 2 is 2.05 bits per heavy atom. The maximum absolute atomic E-state index is 6.01. The van der Waals surface area contributed by atoms with Crippen molar-refractivity contribution in [1.29, 1.82) is 0 Å². The maximum Gasteiger partial charge on any atom is 0.267 e. The highest BCUT2D eigenvalue weighted by atomic mass is 35.5. The standard InChI is InChI=1S/C16H23N3O2.ClH/c1-5-13(20-14-9-7-6-8-11(14)2)16-18-15(19-21-16)10-12(3)17-4;/h6-9,12-13,17H,5,10H2,1-4H3;1H. The van der Waals surface area contributed by atoms with E-state index in [0.29, 0.717) is 17.8 Å². The van der Waals surface area contributed by atoms with Gasteiger partial charge in [-0.05, 0) is 38.9 Å². The summed E-state index contributed by atoms with van der Waals surface area (Å²) in [7, 11) is 1.92. The number of nitrogens with zero attached hydrogens (tertiary/aromatic N) is 2. The second-order valence-electron chi connectivity index (χ2n) is 5.22. The van der Waals surface area contributed by atoms with Crippen molar-refractivity contribution in [3.63, 3.8) is 0 Å². The van der Waals surface area contributed by atoms with Gasteiger partial charge in [0.1, 0.15) is 5.75 Å². The van der Waals surface area contributed by atoms with Crippen LogP contribution in [0.1, 0.15) is 43.7 Å². The first-order valence-corrected chi connectivity index (χ1v) is 7.36. The van der Waals surface area contributed by atoms with E-state index in [-0.39, 0.29) is 18.5 Å². The van der Waals surface area contributed by atoms with E-state index in [9.17, 15) is 0 Å². The van der Waals surface area contributed by atoms with Crippen molar-refractivity contribution in [1.82, 2.24) is 15.5 Å². The second-order valence-corrected chi connectivity index (χ2v) is 5.22. The number of ether oxygens (including phenoxy) is 1. The highest BCUT2D eigenvalue weighted by Crippen LogP contribution is 2.26. The fraction of sp³-hybridized carbons (Fsp3) is 0.500. The monoisotopic (exact) mass is 325 g/mol. The molecule has 2 atom stereocenters. The van der Waals surface area contributed by atoms with Crippen LogP contribution in [0, 0.1) is 6.92 Å². The number of hydrogen-bond donors (Lipinski definition) is 1. The number of hydrogen-bond acceptors (Lipinski definition) is 5. The van der Waals surface area contributed by atoms with E-state index in [1.54, 1.807) is 0 Å². The van der Waals surface area contributed by atoms with E-state index in [1.807, 2.05) is 45.2 Å². The van der Waals surface area contributed by atoms with Crippen LogP contribution in [0.5, 0.6) is 5.75 Å². The summed E-state index contributed by atoms with van der Waals surface area (Å²) in [5, 5.41) is 7.19. The maximum atomic E-state index is 6.01. The summed E-state index contributed by atoms with van der Waals surface area (Å²) < 4.78 is 11.4. The Morgan fingerprint density at radius 1 is 1.32 bits per heavy atom. The molecule has 0 radical (unpaired) electrons. The molecule has 0 spiro atoms. The van der Waals surface area contributed by atoms with Crippen LogP contribution in [0.2, 0.25) is 0 Å². The van der Waals surface area contributed by atoms with Gasteiger partial charge in [0.05, 0.1) is 0 Å². The van der Waals surface area contributed by atoms with Crippen LogP contribution in [0.4, 0.5) is 0 Å². The number of para-hydroxylation sites is 1. The van der Waals surface area contributed by atoms with Gasteiger partial charge in [0.15, 0.2) is 11.9 Å². The van der Waals surface area contributed by atoms with E-state index < -0.39 is 0 Å². The molecule has 2 unspecified atom stereocenters. The lowest BCUT2D eigenvalue weighted by Crippen LogP contribution is -2.24. The van der Waals surface area contributed by atoms with Crippen LogP contribution >= 0.6 is 12.4 Å². The summed E-state index contributed by atoms with van der Waals surface area (Å²) in [6.45, 7) is 6.15. The van der Waals surface area contributed by atoms with Crippen LogP contribution in [-0.4, -0.2) is 23.2 Å². The molecule has 1 aromatic heterocycles. The van der Waals surface area contributed by atoms with Gasteiger partial charge in [-0.3, -0.25) is 0 Å². The third kappa shape index (κ3) is 4.71. The van der Waals surface area contributed by atoms with Crippen LogP contribution in [-0.2, 0) is 6.42 Å². The molecule has 0 saturated heterocycles. The second kappa shape index (κ2) is 8.76. The normalized spacial score (nSPS) is 13.3. The molecule has 2 aromatic rings. The zero-order valence-corrected chi connectivity index (χ0v) is 14.3. The number of benzene rings is 1. The van der Waals surface area contributed by atoms with E-state index in [0.717, 1.165) is 24.2 Å². The number of likely N-dealkylation sites (N-methyl/N-ethyl adjacent to an activating group) is 1. The third-order valence-corrected chi connectivity index (χ3v) is 3.47. The molecular weight excluding hydrogens is 302 g/mol. The van der Waals surface area contributed by atoms with Crippen molar-refractivity contribution in [2.24, 2.45) is 0 Å². The summed E-state index contributed by atoms with van der Waals surface area (Å²) in [5.41, 5.74) is 1.10. The van der Waals surface area contributed by atoms with Crippen molar-refractivity contribution in [3.05, 3.63) is 41.5 Å². The molecule has 0 amide bonds. The topological polar surface area (TPSA) is 60.2 Å². The molecule has 0 aliphatic heterocycles. The predicted molar refractivity (Wildman–Crippen MR) is 88.6 cm³/mol. The average molecular weight is 326 g/mol. The fourth-order valence-corrected chi connectivity index (χ4v) is 2.01. The van der Waals surface area contributed by atoms with Crippen molar-refractivity contribution in [3.8, 4) is 5.75 Å². The van der Waals surface area contributed by atoms with E-state index >= 15 is 0 Å².